The lowest BCUT2D eigenvalue weighted by atomic mass is 9.61. The Kier molecular flexibility index (Phi) is 5.16. The molecule has 0 aliphatic carbocycles. The summed E-state index contributed by atoms with van der Waals surface area (Å²) in [6, 6.07) is 5.00. The molecule has 3 rings (SSSR count). The molecule has 2 amide bonds. The first-order valence-corrected chi connectivity index (χ1v) is 8.70. The highest BCUT2D eigenvalue weighted by molar-refractivity contribution is 6.41. The number of aromatic amines is 1. The molecule has 0 atom stereocenters. The van der Waals surface area contributed by atoms with Crippen LogP contribution in [0, 0.1) is 0 Å². The number of hydrogen-bond donors (Lipinski definition) is 2. The number of urea groups is 1. The fourth-order valence-corrected chi connectivity index (χ4v) is 2.81. The van der Waals surface area contributed by atoms with Crippen molar-refractivity contribution in [2.24, 2.45) is 0 Å². The molecule has 1 aromatic carbocycles. The number of amides is 2. The Bertz CT molecular complexity index is 883. The number of imidazole rings is 1. The van der Waals surface area contributed by atoms with Crippen molar-refractivity contribution in [3.05, 3.63) is 29.6 Å². The number of hydrogen-bond acceptors (Lipinski definition) is 3. The van der Waals surface area contributed by atoms with Crippen LogP contribution < -0.4 is 5.32 Å². The van der Waals surface area contributed by atoms with Crippen molar-refractivity contribution in [3.8, 4) is 0 Å². The molecule has 0 spiro atoms. The predicted octanol–water partition coefficient (Wildman–Crippen LogP) is 1.98. The van der Waals surface area contributed by atoms with E-state index in [-0.39, 0.29) is 32.1 Å². The normalized spacial score (nSPS) is 17.3. The molecule has 0 unspecified atom stereocenters. The fourth-order valence-electron chi connectivity index (χ4n) is 2.81. The van der Waals surface area contributed by atoms with E-state index in [1.165, 1.54) is 4.90 Å². The average molecular weight is 390 g/mol. The van der Waals surface area contributed by atoms with Gasteiger partial charge in [0.25, 0.3) is 0 Å². The highest BCUT2D eigenvalue weighted by Crippen LogP contribution is 2.32. The SMILES string of the molecule is [B]C1([B])CNC(=O)N1Cc1ccc2nc(CCOC(C)(C)C(F)(F)F)[nH]c2c1. The van der Waals surface area contributed by atoms with Crippen LogP contribution in [0.25, 0.3) is 11.0 Å². The fraction of sp³-hybridized carbons (Fsp3) is 0.529. The Labute approximate surface area is 163 Å². The molecule has 1 saturated heterocycles. The van der Waals surface area contributed by atoms with Crippen LogP contribution in [0.4, 0.5) is 18.0 Å². The first kappa shape index (κ1) is 20.6. The molecular formula is C17H19B2F3N4O2. The summed E-state index contributed by atoms with van der Waals surface area (Å²) in [5.41, 5.74) is -0.0813. The Morgan fingerprint density at radius 1 is 1.32 bits per heavy atom. The van der Waals surface area contributed by atoms with Gasteiger partial charge in [0.15, 0.2) is 5.60 Å². The number of alkyl halides is 3. The maximum atomic E-state index is 12.8. The number of ether oxygens (including phenoxy) is 1. The zero-order valence-corrected chi connectivity index (χ0v) is 15.6. The van der Waals surface area contributed by atoms with E-state index in [1.54, 1.807) is 18.2 Å². The smallest absolute Gasteiger partial charge is 0.366 e. The predicted molar refractivity (Wildman–Crippen MR) is 99.1 cm³/mol. The number of benzene rings is 1. The van der Waals surface area contributed by atoms with Gasteiger partial charge in [0.2, 0.25) is 0 Å². The standard InChI is InChI=1S/C17H19B2F3N4O2/c1-15(2,17(20,21)22)28-6-5-13-24-11-4-3-10(7-12(11)25-13)8-26-14(27)23-9-16(26,18)19/h3-4,7H,5-6,8-9H2,1-2H3,(H,23,27)(H,24,25). The van der Waals surface area contributed by atoms with Crippen LogP contribution in [-0.2, 0) is 17.7 Å². The van der Waals surface area contributed by atoms with Gasteiger partial charge in [-0.1, -0.05) is 6.07 Å². The van der Waals surface area contributed by atoms with Crippen LogP contribution in [0.1, 0.15) is 25.2 Å². The van der Waals surface area contributed by atoms with Gasteiger partial charge in [-0.05, 0) is 36.9 Å². The van der Waals surface area contributed by atoms with E-state index in [9.17, 15) is 18.0 Å². The second-order valence-electron chi connectivity index (χ2n) is 7.38. The van der Waals surface area contributed by atoms with Crippen molar-refractivity contribution in [1.82, 2.24) is 20.2 Å². The molecule has 1 aromatic heterocycles. The number of halogens is 3. The number of rotatable bonds is 6. The summed E-state index contributed by atoms with van der Waals surface area (Å²) in [5, 5.41) is 1.32. The lowest BCUT2D eigenvalue weighted by Crippen LogP contribution is -2.47. The Morgan fingerprint density at radius 3 is 2.64 bits per heavy atom. The lowest BCUT2D eigenvalue weighted by molar-refractivity contribution is -0.263. The van der Waals surface area contributed by atoms with E-state index >= 15 is 0 Å². The van der Waals surface area contributed by atoms with Crippen molar-refractivity contribution >= 4 is 32.8 Å². The van der Waals surface area contributed by atoms with Gasteiger partial charge < -0.3 is 19.9 Å². The molecule has 28 heavy (non-hydrogen) atoms. The third-order valence-electron chi connectivity index (χ3n) is 4.69. The average Bonchev–Trinajstić information content (AvgIpc) is 3.08. The molecule has 2 N–H and O–H groups in total. The summed E-state index contributed by atoms with van der Waals surface area (Å²) >= 11 is 0. The first-order valence-electron chi connectivity index (χ1n) is 8.70. The molecule has 0 bridgehead atoms. The third-order valence-corrected chi connectivity index (χ3v) is 4.69. The largest absolute Gasteiger partial charge is 0.416 e. The second-order valence-corrected chi connectivity index (χ2v) is 7.38. The van der Waals surface area contributed by atoms with Crippen LogP contribution in [0.15, 0.2) is 18.2 Å². The van der Waals surface area contributed by atoms with E-state index in [2.05, 4.69) is 15.3 Å². The highest BCUT2D eigenvalue weighted by atomic mass is 19.4. The van der Waals surface area contributed by atoms with Crippen LogP contribution in [0.3, 0.4) is 0 Å². The summed E-state index contributed by atoms with van der Waals surface area (Å²) in [4.78, 5) is 20.6. The van der Waals surface area contributed by atoms with E-state index in [1.807, 2.05) is 0 Å². The monoisotopic (exact) mass is 390 g/mol. The Hall–Kier alpha value is -2.16. The van der Waals surface area contributed by atoms with Gasteiger partial charge in [0, 0.05) is 19.5 Å². The van der Waals surface area contributed by atoms with Crippen molar-refractivity contribution in [2.45, 2.75) is 43.9 Å². The van der Waals surface area contributed by atoms with E-state index in [0.29, 0.717) is 16.9 Å². The van der Waals surface area contributed by atoms with Gasteiger partial charge in [-0.25, -0.2) is 9.78 Å². The molecule has 146 valence electrons. The highest BCUT2D eigenvalue weighted by Gasteiger charge is 2.48. The Balaban J connectivity index is 1.67. The molecule has 1 fully saturated rings. The number of H-pyrrole nitrogens is 1. The van der Waals surface area contributed by atoms with Crippen LogP contribution in [-0.4, -0.2) is 66.9 Å². The molecule has 0 saturated carbocycles. The van der Waals surface area contributed by atoms with Crippen LogP contribution in [0.2, 0.25) is 0 Å². The Morgan fingerprint density at radius 2 is 2.04 bits per heavy atom. The molecule has 6 nitrogen and oxygen atoms in total. The van der Waals surface area contributed by atoms with Gasteiger partial charge in [-0.15, -0.1) is 0 Å². The number of nitrogens with one attached hydrogen (secondary N) is 2. The van der Waals surface area contributed by atoms with Crippen molar-refractivity contribution < 1.29 is 22.7 Å². The number of nitrogens with zero attached hydrogens (tertiary/aromatic N) is 2. The van der Waals surface area contributed by atoms with E-state index in [4.69, 9.17) is 20.4 Å². The van der Waals surface area contributed by atoms with Gasteiger partial charge in [-0.3, -0.25) is 0 Å². The lowest BCUT2D eigenvalue weighted by Gasteiger charge is -2.31. The first-order chi connectivity index (χ1) is 12.9. The summed E-state index contributed by atoms with van der Waals surface area (Å²) in [7, 11) is 11.8. The number of aromatic nitrogens is 2. The minimum Gasteiger partial charge on any atom is -0.366 e. The third kappa shape index (κ3) is 4.14. The van der Waals surface area contributed by atoms with Gasteiger partial charge in [0.1, 0.15) is 5.82 Å². The number of carbonyl (C=O) groups is 1. The molecule has 2 heterocycles. The molecule has 2 aromatic rings. The second kappa shape index (κ2) is 7.02. The topological polar surface area (TPSA) is 70.2 Å². The van der Waals surface area contributed by atoms with Crippen LogP contribution >= 0.6 is 0 Å². The van der Waals surface area contributed by atoms with Crippen molar-refractivity contribution in [3.63, 3.8) is 0 Å². The zero-order chi connectivity index (χ0) is 20.7. The number of fused-ring (bicyclic) bond motifs is 1. The van der Waals surface area contributed by atoms with Crippen LogP contribution in [0.5, 0.6) is 0 Å². The molecule has 4 radical (unpaired) electrons. The molecule has 1 aliphatic heterocycles. The summed E-state index contributed by atoms with van der Waals surface area (Å²) < 4.78 is 43.4. The summed E-state index contributed by atoms with van der Waals surface area (Å²) in [6.07, 6.45) is -4.24. The van der Waals surface area contributed by atoms with Crippen molar-refractivity contribution in [1.29, 1.82) is 0 Å². The summed E-state index contributed by atoms with van der Waals surface area (Å²) in [5.74, 6) is 0.510. The quantitative estimate of drug-likeness (QED) is 0.742. The van der Waals surface area contributed by atoms with E-state index < -0.39 is 17.1 Å². The minimum atomic E-state index is -4.45. The zero-order valence-electron chi connectivity index (χ0n) is 15.6. The maximum Gasteiger partial charge on any atom is 0.416 e. The summed E-state index contributed by atoms with van der Waals surface area (Å²) in [6.45, 7) is 2.21. The molecule has 1 aliphatic rings. The van der Waals surface area contributed by atoms with Gasteiger partial charge in [-0.2, -0.15) is 13.2 Å². The van der Waals surface area contributed by atoms with Gasteiger partial charge in [0.05, 0.1) is 33.3 Å². The van der Waals surface area contributed by atoms with Crippen molar-refractivity contribution in [2.75, 3.05) is 13.2 Å². The molecule has 11 heteroatoms. The minimum absolute atomic E-state index is 0.129. The number of carbonyl (C=O) groups excluding carboxylic acids is 1. The molecular weight excluding hydrogens is 371 g/mol. The maximum absolute atomic E-state index is 12.8. The van der Waals surface area contributed by atoms with Gasteiger partial charge >= 0.3 is 12.2 Å². The van der Waals surface area contributed by atoms with E-state index in [0.717, 1.165) is 19.4 Å².